The largest absolute Gasteiger partial charge is 0.357 e. The van der Waals surface area contributed by atoms with E-state index in [1.807, 2.05) is 13.8 Å². The summed E-state index contributed by atoms with van der Waals surface area (Å²) in [6.45, 7) is 9.69. The number of nitrogens with zero attached hydrogens (tertiary/aromatic N) is 1. The van der Waals surface area contributed by atoms with Gasteiger partial charge in [0.05, 0.1) is 6.54 Å². The number of hydrogen-bond acceptors (Lipinski definition) is 2. The number of carbonyl (C=O) groups excluding carboxylic acids is 1. The molecule has 0 unspecified atom stereocenters. The Bertz CT molecular complexity index is 333. The van der Waals surface area contributed by atoms with Gasteiger partial charge >= 0.3 is 0 Å². The molecule has 0 spiro atoms. The molecule has 122 valence electrons. The van der Waals surface area contributed by atoms with Crippen LogP contribution in [0.3, 0.4) is 0 Å². The lowest BCUT2D eigenvalue weighted by atomic mass is 9.87. The van der Waals surface area contributed by atoms with E-state index >= 15 is 0 Å². The Labute approximate surface area is 129 Å². The van der Waals surface area contributed by atoms with Gasteiger partial charge in [0.2, 0.25) is 5.91 Å². The second-order valence-corrected chi connectivity index (χ2v) is 6.33. The Morgan fingerprint density at radius 3 is 2.48 bits per heavy atom. The van der Waals surface area contributed by atoms with Gasteiger partial charge < -0.3 is 16.0 Å². The Morgan fingerprint density at radius 2 is 1.90 bits per heavy atom. The molecule has 1 aliphatic rings. The van der Waals surface area contributed by atoms with E-state index in [-0.39, 0.29) is 11.9 Å². The molecule has 3 N–H and O–H groups in total. The van der Waals surface area contributed by atoms with Gasteiger partial charge in [-0.25, -0.2) is 0 Å². The molecule has 0 aliphatic heterocycles. The molecular weight excluding hydrogens is 264 g/mol. The molecule has 0 aromatic heterocycles. The first-order valence-corrected chi connectivity index (χ1v) is 8.35. The number of rotatable bonds is 6. The fourth-order valence-corrected chi connectivity index (χ4v) is 2.58. The number of guanidine groups is 1. The monoisotopic (exact) mass is 296 g/mol. The van der Waals surface area contributed by atoms with Crippen molar-refractivity contribution in [1.29, 1.82) is 0 Å². The molecule has 5 nitrogen and oxygen atoms in total. The van der Waals surface area contributed by atoms with Crippen LogP contribution in [0.25, 0.3) is 0 Å². The third-order valence-electron chi connectivity index (χ3n) is 3.76. The molecular formula is C16H32N4O. The van der Waals surface area contributed by atoms with Crippen LogP contribution >= 0.6 is 0 Å². The summed E-state index contributed by atoms with van der Waals surface area (Å²) in [5.74, 6) is 1.76. The average Bonchev–Trinajstić information content (AvgIpc) is 2.40. The van der Waals surface area contributed by atoms with Crippen LogP contribution in [-0.2, 0) is 4.79 Å². The van der Waals surface area contributed by atoms with Gasteiger partial charge in [0, 0.05) is 25.0 Å². The molecule has 5 heteroatoms. The third-order valence-corrected chi connectivity index (χ3v) is 3.76. The van der Waals surface area contributed by atoms with Crippen LogP contribution in [0.5, 0.6) is 0 Å². The normalized spacial score (nSPS) is 23.0. The van der Waals surface area contributed by atoms with Crippen LogP contribution in [0.2, 0.25) is 0 Å². The van der Waals surface area contributed by atoms with Crippen molar-refractivity contribution in [2.45, 2.75) is 71.9 Å². The molecule has 1 rings (SSSR count). The quantitative estimate of drug-likeness (QED) is 0.519. The molecule has 1 amide bonds. The zero-order valence-corrected chi connectivity index (χ0v) is 14.0. The van der Waals surface area contributed by atoms with E-state index in [1.165, 1.54) is 25.7 Å². The number of hydrogen-bond donors (Lipinski definition) is 3. The van der Waals surface area contributed by atoms with Crippen molar-refractivity contribution in [1.82, 2.24) is 16.0 Å². The fourth-order valence-electron chi connectivity index (χ4n) is 2.58. The highest BCUT2D eigenvalue weighted by atomic mass is 16.1. The second-order valence-electron chi connectivity index (χ2n) is 6.33. The van der Waals surface area contributed by atoms with Crippen molar-refractivity contribution in [2.75, 3.05) is 13.1 Å². The van der Waals surface area contributed by atoms with Crippen LogP contribution in [0.1, 0.15) is 59.8 Å². The summed E-state index contributed by atoms with van der Waals surface area (Å²) in [6, 6.07) is 0.709. The zero-order valence-electron chi connectivity index (χ0n) is 14.0. The van der Waals surface area contributed by atoms with Crippen molar-refractivity contribution in [3.63, 3.8) is 0 Å². The smallest absolute Gasteiger partial charge is 0.222 e. The minimum atomic E-state index is 0.0658. The Morgan fingerprint density at radius 1 is 1.24 bits per heavy atom. The summed E-state index contributed by atoms with van der Waals surface area (Å²) < 4.78 is 0. The van der Waals surface area contributed by atoms with Crippen molar-refractivity contribution in [3.8, 4) is 0 Å². The summed E-state index contributed by atoms with van der Waals surface area (Å²) in [7, 11) is 0. The Hall–Kier alpha value is -1.26. The molecule has 1 aliphatic carbocycles. The molecule has 0 aromatic carbocycles. The van der Waals surface area contributed by atoms with Crippen LogP contribution in [0.15, 0.2) is 4.99 Å². The topological polar surface area (TPSA) is 65.5 Å². The molecule has 1 saturated carbocycles. The molecule has 0 atom stereocenters. The van der Waals surface area contributed by atoms with Crippen molar-refractivity contribution >= 4 is 11.9 Å². The van der Waals surface area contributed by atoms with E-state index in [1.54, 1.807) is 0 Å². The van der Waals surface area contributed by atoms with Gasteiger partial charge in [-0.1, -0.05) is 6.92 Å². The predicted octanol–water partition coefficient (Wildman–Crippen LogP) is 2.03. The maximum absolute atomic E-state index is 11.6. The summed E-state index contributed by atoms with van der Waals surface area (Å²) in [6.07, 6.45) is 5.43. The highest BCUT2D eigenvalue weighted by Gasteiger charge is 2.18. The van der Waals surface area contributed by atoms with Crippen LogP contribution in [-0.4, -0.2) is 37.0 Å². The van der Waals surface area contributed by atoms with Gasteiger partial charge in [0.25, 0.3) is 0 Å². The number of aliphatic imine (C=N–C) groups is 1. The van der Waals surface area contributed by atoms with Crippen molar-refractivity contribution in [3.05, 3.63) is 0 Å². The van der Waals surface area contributed by atoms with E-state index in [0.29, 0.717) is 19.0 Å². The first-order chi connectivity index (χ1) is 10.0. The minimum Gasteiger partial charge on any atom is -0.357 e. The molecule has 21 heavy (non-hydrogen) atoms. The van der Waals surface area contributed by atoms with Gasteiger partial charge in [0.15, 0.2) is 5.96 Å². The van der Waals surface area contributed by atoms with Crippen molar-refractivity contribution < 1.29 is 4.79 Å². The Kier molecular flexibility index (Phi) is 8.16. The van der Waals surface area contributed by atoms with Gasteiger partial charge in [0.1, 0.15) is 0 Å². The lowest BCUT2D eigenvalue weighted by Gasteiger charge is -2.28. The molecule has 0 heterocycles. The fraction of sp³-hybridized carbons (Fsp3) is 0.875. The Balaban J connectivity index is 2.37. The number of amides is 1. The predicted molar refractivity (Wildman–Crippen MR) is 88.4 cm³/mol. The van der Waals surface area contributed by atoms with E-state index in [2.05, 4.69) is 34.8 Å². The molecule has 0 aromatic rings. The highest BCUT2D eigenvalue weighted by molar-refractivity contribution is 5.81. The summed E-state index contributed by atoms with van der Waals surface area (Å²) >= 11 is 0. The van der Waals surface area contributed by atoms with Crippen LogP contribution in [0.4, 0.5) is 0 Å². The average molecular weight is 296 g/mol. The minimum absolute atomic E-state index is 0.0658. The third kappa shape index (κ3) is 7.93. The van der Waals surface area contributed by atoms with Gasteiger partial charge in [-0.3, -0.25) is 9.79 Å². The molecule has 0 saturated heterocycles. The van der Waals surface area contributed by atoms with E-state index < -0.39 is 0 Å². The van der Waals surface area contributed by atoms with Crippen molar-refractivity contribution in [2.24, 2.45) is 10.9 Å². The standard InChI is InChI=1S/C16H32N4O/c1-5-17-16(18-11-10-15(21)19-12(2)3)20-14-8-6-13(4)7-9-14/h12-14H,5-11H2,1-4H3,(H,19,21)(H2,17,18,20). The maximum atomic E-state index is 11.6. The summed E-state index contributed by atoms with van der Waals surface area (Å²) in [5, 5.41) is 9.65. The summed E-state index contributed by atoms with van der Waals surface area (Å²) in [4.78, 5) is 16.1. The van der Waals surface area contributed by atoms with Gasteiger partial charge in [-0.05, 0) is 52.4 Å². The number of carbonyl (C=O) groups is 1. The van der Waals surface area contributed by atoms with Crippen LogP contribution < -0.4 is 16.0 Å². The lowest BCUT2D eigenvalue weighted by molar-refractivity contribution is -0.121. The van der Waals surface area contributed by atoms with Gasteiger partial charge in [-0.15, -0.1) is 0 Å². The summed E-state index contributed by atoms with van der Waals surface area (Å²) in [5.41, 5.74) is 0. The molecule has 0 bridgehead atoms. The number of nitrogens with one attached hydrogen (secondary N) is 3. The van der Waals surface area contributed by atoms with E-state index in [4.69, 9.17) is 0 Å². The maximum Gasteiger partial charge on any atom is 0.222 e. The highest BCUT2D eigenvalue weighted by Crippen LogP contribution is 2.23. The van der Waals surface area contributed by atoms with E-state index in [9.17, 15) is 4.79 Å². The van der Waals surface area contributed by atoms with Gasteiger partial charge in [-0.2, -0.15) is 0 Å². The molecule has 0 radical (unpaired) electrons. The second kappa shape index (κ2) is 9.64. The van der Waals surface area contributed by atoms with E-state index in [0.717, 1.165) is 18.4 Å². The first kappa shape index (κ1) is 17.8. The molecule has 1 fully saturated rings. The zero-order chi connectivity index (χ0) is 15.7. The first-order valence-electron chi connectivity index (χ1n) is 8.35. The lowest BCUT2D eigenvalue weighted by Crippen LogP contribution is -2.45. The SMILES string of the molecule is CCNC(=NCCC(=O)NC(C)C)NC1CCC(C)CC1. The van der Waals surface area contributed by atoms with Crippen LogP contribution in [0, 0.1) is 5.92 Å².